The van der Waals surface area contributed by atoms with Gasteiger partial charge in [-0.15, -0.1) is 0 Å². The number of alkyl halides is 3. The topological polar surface area (TPSA) is 168 Å². The Morgan fingerprint density at radius 2 is 1.68 bits per heavy atom. The van der Waals surface area contributed by atoms with Crippen LogP contribution in [0.25, 0.3) is 0 Å². The van der Waals surface area contributed by atoms with Gasteiger partial charge in [0.1, 0.15) is 0 Å². The molecule has 2 rings (SSSR count). The largest absolute Gasteiger partial charge is 0.416 e. The van der Waals surface area contributed by atoms with E-state index in [4.69, 9.17) is 5.73 Å². The normalized spacial score (nSPS) is 21.0. The van der Waals surface area contributed by atoms with Crippen molar-refractivity contribution in [3.05, 3.63) is 24.3 Å². The molecule has 2 amide bonds. The van der Waals surface area contributed by atoms with E-state index in [2.05, 4.69) is 16.0 Å². The van der Waals surface area contributed by atoms with Crippen molar-refractivity contribution in [2.45, 2.75) is 87.0 Å². The minimum atomic E-state index is -5.02. The Bertz CT molecular complexity index is 1150. The lowest BCUT2D eigenvalue weighted by Gasteiger charge is -2.38. The van der Waals surface area contributed by atoms with Gasteiger partial charge in [0.25, 0.3) is 0 Å². The van der Waals surface area contributed by atoms with E-state index in [1.165, 1.54) is 58.9 Å². The van der Waals surface area contributed by atoms with Gasteiger partial charge in [0.05, 0.1) is 21.7 Å². The van der Waals surface area contributed by atoms with Crippen molar-refractivity contribution >= 4 is 33.1 Å². The maximum Gasteiger partial charge on any atom is 0.416 e. The van der Waals surface area contributed by atoms with Crippen molar-refractivity contribution in [2.75, 3.05) is 11.9 Å². The molecular formula is C24H35F3N4O6S. The number of anilines is 1. The predicted octanol–water partition coefficient (Wildman–Crippen LogP) is 1.28. The minimum Gasteiger partial charge on any atom is -0.382 e. The van der Waals surface area contributed by atoms with Crippen LogP contribution in [0.1, 0.15) is 47.5 Å². The van der Waals surface area contributed by atoms with Crippen molar-refractivity contribution in [1.82, 2.24) is 10.6 Å². The smallest absolute Gasteiger partial charge is 0.382 e. The molecule has 1 heterocycles. The van der Waals surface area contributed by atoms with E-state index < -0.39 is 62.1 Å². The number of rotatable bonds is 10. The van der Waals surface area contributed by atoms with Crippen LogP contribution in [0, 0.1) is 5.92 Å². The third kappa shape index (κ3) is 6.19. The molecule has 38 heavy (non-hydrogen) atoms. The second-order valence-corrected chi connectivity index (χ2v) is 12.9. The fourth-order valence-corrected chi connectivity index (χ4v) is 5.86. The zero-order chi connectivity index (χ0) is 29.3. The van der Waals surface area contributed by atoms with Gasteiger partial charge in [-0.25, -0.2) is 8.42 Å². The molecule has 0 spiro atoms. The molecule has 1 aliphatic heterocycles. The zero-order valence-electron chi connectivity index (χ0n) is 21.8. The number of ketones is 1. The first kappa shape index (κ1) is 31.7. The summed E-state index contributed by atoms with van der Waals surface area (Å²) in [5.41, 5.74) is 4.47. The summed E-state index contributed by atoms with van der Waals surface area (Å²) >= 11 is 0. The van der Waals surface area contributed by atoms with Crippen LogP contribution in [0.5, 0.6) is 0 Å². The molecule has 0 saturated carbocycles. The number of nitrogens with two attached hydrogens (primary N) is 1. The minimum absolute atomic E-state index is 0.125. The molecule has 1 aliphatic rings. The molecule has 10 nitrogen and oxygen atoms in total. The molecule has 4 atom stereocenters. The average molecular weight is 565 g/mol. The summed E-state index contributed by atoms with van der Waals surface area (Å²) in [5, 5.41) is 17.2. The van der Waals surface area contributed by atoms with E-state index in [1.807, 2.05) is 0 Å². The highest BCUT2D eigenvalue weighted by Gasteiger charge is 2.56. The van der Waals surface area contributed by atoms with Gasteiger partial charge in [0, 0.05) is 12.6 Å². The van der Waals surface area contributed by atoms with Gasteiger partial charge in [-0.05, 0) is 63.4 Å². The van der Waals surface area contributed by atoms with Gasteiger partial charge >= 0.3 is 6.18 Å². The van der Waals surface area contributed by atoms with Gasteiger partial charge in [0.15, 0.2) is 27.3 Å². The van der Waals surface area contributed by atoms with E-state index >= 15 is 0 Å². The van der Waals surface area contributed by atoms with Crippen molar-refractivity contribution in [3.63, 3.8) is 0 Å². The molecule has 14 heteroatoms. The van der Waals surface area contributed by atoms with E-state index in [9.17, 15) is 41.1 Å². The number of carbonyl (C=O) groups is 3. The second kappa shape index (κ2) is 11.3. The van der Waals surface area contributed by atoms with Crippen LogP contribution in [0.4, 0.5) is 18.9 Å². The van der Waals surface area contributed by atoms with Crippen molar-refractivity contribution in [3.8, 4) is 0 Å². The van der Waals surface area contributed by atoms with Crippen LogP contribution in [-0.4, -0.2) is 72.3 Å². The molecule has 0 bridgehead atoms. The molecule has 1 fully saturated rings. The van der Waals surface area contributed by atoms with Crippen LogP contribution in [0.15, 0.2) is 29.2 Å². The van der Waals surface area contributed by atoms with Crippen LogP contribution >= 0.6 is 0 Å². The van der Waals surface area contributed by atoms with Crippen molar-refractivity contribution in [2.24, 2.45) is 11.7 Å². The summed E-state index contributed by atoms with van der Waals surface area (Å²) in [6.45, 7) is 6.63. The first-order valence-corrected chi connectivity index (χ1v) is 13.5. The van der Waals surface area contributed by atoms with Gasteiger partial charge in [-0.1, -0.05) is 13.8 Å². The molecule has 0 radical (unpaired) electrons. The first-order chi connectivity index (χ1) is 17.3. The molecule has 0 aromatic heterocycles. The Morgan fingerprint density at radius 1 is 1.13 bits per heavy atom. The summed E-state index contributed by atoms with van der Waals surface area (Å²) < 4.78 is 64.7. The van der Waals surface area contributed by atoms with Gasteiger partial charge in [0.2, 0.25) is 11.8 Å². The number of hydrogen-bond donors (Lipinski definition) is 5. The van der Waals surface area contributed by atoms with Crippen LogP contribution in [0.3, 0.4) is 0 Å². The van der Waals surface area contributed by atoms with Gasteiger partial charge < -0.3 is 21.5 Å². The maximum absolute atomic E-state index is 13.7. The van der Waals surface area contributed by atoms with Gasteiger partial charge in [-0.3, -0.25) is 19.7 Å². The number of Topliss-reactive ketones (excluding diaryl/α,β-unsaturated/α-hetero) is 1. The first-order valence-electron chi connectivity index (χ1n) is 12.0. The Kier molecular flexibility index (Phi) is 9.40. The van der Waals surface area contributed by atoms with Crippen molar-refractivity contribution < 1.29 is 41.1 Å². The lowest BCUT2D eigenvalue weighted by atomic mass is 9.82. The van der Waals surface area contributed by atoms with Crippen LogP contribution in [0.2, 0.25) is 0 Å². The molecule has 6 N–H and O–H groups in total. The lowest BCUT2D eigenvalue weighted by molar-refractivity contribution is -0.215. The Morgan fingerprint density at radius 3 is 2.11 bits per heavy atom. The summed E-state index contributed by atoms with van der Waals surface area (Å²) in [6.07, 6.45) is -7.73. The third-order valence-electron chi connectivity index (χ3n) is 6.86. The second-order valence-electron chi connectivity index (χ2n) is 10.3. The maximum atomic E-state index is 13.7. The van der Waals surface area contributed by atoms with E-state index in [-0.39, 0.29) is 23.8 Å². The number of sulfone groups is 1. The SMILES string of the molecule is CC(=O)Nc1ccc(S(=O)(=O)C(C)(C)[C@H](N)C(=O)[C@]2(C(=O)NC(C(C)C)C(O)C(F)(F)F)CCCN2)cc1. The highest BCUT2D eigenvalue weighted by Crippen LogP contribution is 2.33. The molecule has 1 saturated heterocycles. The van der Waals surface area contributed by atoms with Crippen molar-refractivity contribution in [1.29, 1.82) is 0 Å². The summed E-state index contributed by atoms with van der Waals surface area (Å²) in [6, 6.07) is 1.68. The predicted molar refractivity (Wildman–Crippen MR) is 134 cm³/mol. The fourth-order valence-electron chi connectivity index (χ4n) is 4.32. The highest BCUT2D eigenvalue weighted by atomic mass is 32.2. The van der Waals surface area contributed by atoms with E-state index in [0.29, 0.717) is 12.1 Å². The van der Waals surface area contributed by atoms with Crippen LogP contribution < -0.4 is 21.7 Å². The summed E-state index contributed by atoms with van der Waals surface area (Å²) in [7, 11) is -4.29. The number of carbonyl (C=O) groups excluding carboxylic acids is 3. The number of aliphatic hydroxyl groups is 1. The molecule has 0 aliphatic carbocycles. The molecular weight excluding hydrogens is 529 g/mol. The number of halogens is 3. The highest BCUT2D eigenvalue weighted by molar-refractivity contribution is 7.92. The number of benzene rings is 1. The monoisotopic (exact) mass is 564 g/mol. The zero-order valence-corrected chi connectivity index (χ0v) is 22.7. The number of aliphatic hydroxyl groups excluding tert-OH is 1. The van der Waals surface area contributed by atoms with Gasteiger partial charge in [-0.2, -0.15) is 13.2 Å². The number of nitrogens with one attached hydrogen (secondary N) is 3. The third-order valence-corrected chi connectivity index (χ3v) is 9.40. The standard InChI is InChI=1S/C24H35F3N4O6S/c1-13(2)17(19(33)24(25,26)27)31-21(35)23(11-6-12-29-23)20(34)18(28)22(4,5)38(36,37)16-9-7-15(8-10-16)30-14(3)32/h7-10,13,17-19,29,33H,6,11-12,28H2,1-5H3,(H,30,32)(H,31,35)/t17?,18-,19?,23+/m1/s1. The summed E-state index contributed by atoms with van der Waals surface area (Å²) in [4.78, 5) is 38.0. The quantitative estimate of drug-likeness (QED) is 0.265. The summed E-state index contributed by atoms with van der Waals surface area (Å²) in [5.74, 6) is -3.33. The van der Waals surface area contributed by atoms with E-state index in [1.54, 1.807) is 0 Å². The molecule has 1 aromatic carbocycles. The Hall–Kier alpha value is -2.55. The Labute approximate surface area is 219 Å². The average Bonchev–Trinajstić information content (AvgIpc) is 3.31. The Balaban J connectivity index is 2.40. The number of amides is 2. The molecule has 214 valence electrons. The lowest BCUT2D eigenvalue weighted by Crippen LogP contribution is -2.69. The fraction of sp³-hybridized carbons (Fsp3) is 0.625. The number of hydrogen-bond acceptors (Lipinski definition) is 8. The van der Waals surface area contributed by atoms with Crippen LogP contribution in [-0.2, 0) is 24.2 Å². The van der Waals surface area contributed by atoms with E-state index in [0.717, 1.165) is 0 Å². The molecule has 1 aromatic rings. The molecule has 2 unspecified atom stereocenters.